The van der Waals surface area contributed by atoms with Gasteiger partial charge < -0.3 is 0 Å². The number of amides is 1. The molecule has 0 aliphatic carbocycles. The standard InChI is InChI=1S/C5H9N3O/c9-4-7-8-5-2-1-3-6-5/h4H,1-3H2,(H,6,8)(H,7,9). The minimum Gasteiger partial charge on any atom is -0.286 e. The average Bonchev–Trinajstić information content (AvgIpc) is 2.34. The molecule has 0 saturated carbocycles. The van der Waals surface area contributed by atoms with Gasteiger partial charge in [-0.1, -0.05) is 0 Å². The number of rotatable bonds is 2. The normalized spacial score (nSPS) is 16.7. The van der Waals surface area contributed by atoms with E-state index in [1.165, 1.54) is 0 Å². The van der Waals surface area contributed by atoms with Gasteiger partial charge in [-0.25, -0.2) is 0 Å². The quantitative estimate of drug-likeness (QED) is 0.385. The summed E-state index contributed by atoms with van der Waals surface area (Å²) < 4.78 is 0. The molecular weight excluding hydrogens is 118 g/mol. The van der Waals surface area contributed by atoms with E-state index in [0.29, 0.717) is 6.41 Å². The first kappa shape index (κ1) is 6.07. The fourth-order valence-corrected chi connectivity index (χ4v) is 0.754. The van der Waals surface area contributed by atoms with Crippen LogP contribution in [-0.4, -0.2) is 18.8 Å². The second-order valence-electron chi connectivity index (χ2n) is 1.82. The number of carbonyl (C=O) groups excluding carboxylic acids is 1. The van der Waals surface area contributed by atoms with E-state index in [9.17, 15) is 4.79 Å². The van der Waals surface area contributed by atoms with Gasteiger partial charge in [0.05, 0.1) is 0 Å². The maximum absolute atomic E-state index is 9.73. The van der Waals surface area contributed by atoms with Crippen LogP contribution in [0.3, 0.4) is 0 Å². The molecule has 1 aliphatic rings. The van der Waals surface area contributed by atoms with Crippen LogP contribution in [-0.2, 0) is 4.79 Å². The molecule has 0 unspecified atom stereocenters. The van der Waals surface area contributed by atoms with E-state index in [2.05, 4.69) is 15.8 Å². The van der Waals surface area contributed by atoms with Crippen LogP contribution in [0.25, 0.3) is 0 Å². The monoisotopic (exact) mass is 127 g/mol. The zero-order valence-corrected chi connectivity index (χ0v) is 5.05. The van der Waals surface area contributed by atoms with Crippen molar-refractivity contribution < 1.29 is 4.79 Å². The van der Waals surface area contributed by atoms with Crippen molar-refractivity contribution in [3.63, 3.8) is 0 Å². The summed E-state index contributed by atoms with van der Waals surface area (Å²) in [5, 5.41) is 0. The van der Waals surface area contributed by atoms with Gasteiger partial charge in [0.2, 0.25) is 6.41 Å². The maximum Gasteiger partial charge on any atom is 0.225 e. The third kappa shape index (κ3) is 1.71. The van der Waals surface area contributed by atoms with Gasteiger partial charge in [0.1, 0.15) is 5.84 Å². The van der Waals surface area contributed by atoms with Gasteiger partial charge in [0.25, 0.3) is 0 Å². The molecule has 0 bridgehead atoms. The molecule has 1 heterocycles. The lowest BCUT2D eigenvalue weighted by Gasteiger charge is -1.99. The minimum atomic E-state index is 0.598. The number of aliphatic imine (C=N–C) groups is 1. The molecule has 0 aromatic carbocycles. The minimum absolute atomic E-state index is 0.598. The molecule has 4 heteroatoms. The lowest BCUT2D eigenvalue weighted by molar-refractivity contribution is -0.110. The molecule has 0 aromatic heterocycles. The molecule has 1 amide bonds. The highest BCUT2D eigenvalue weighted by molar-refractivity contribution is 5.83. The van der Waals surface area contributed by atoms with E-state index >= 15 is 0 Å². The second-order valence-corrected chi connectivity index (χ2v) is 1.82. The Morgan fingerprint density at radius 1 is 1.67 bits per heavy atom. The first-order valence-corrected chi connectivity index (χ1v) is 2.92. The number of hydrazine groups is 1. The van der Waals surface area contributed by atoms with Crippen LogP contribution in [0.4, 0.5) is 0 Å². The molecule has 0 saturated heterocycles. The van der Waals surface area contributed by atoms with Crippen molar-refractivity contribution in [3.05, 3.63) is 0 Å². The molecule has 1 rings (SSSR count). The van der Waals surface area contributed by atoms with Gasteiger partial charge in [-0.3, -0.25) is 20.6 Å². The van der Waals surface area contributed by atoms with Crippen LogP contribution in [0.5, 0.6) is 0 Å². The number of nitrogens with zero attached hydrogens (tertiary/aromatic N) is 1. The molecule has 0 radical (unpaired) electrons. The Balaban J connectivity index is 2.18. The Hall–Kier alpha value is -1.06. The highest BCUT2D eigenvalue weighted by Gasteiger charge is 2.02. The molecule has 9 heavy (non-hydrogen) atoms. The van der Waals surface area contributed by atoms with Crippen LogP contribution in [0.1, 0.15) is 12.8 Å². The van der Waals surface area contributed by atoms with Crippen LogP contribution >= 0.6 is 0 Å². The molecule has 0 aromatic rings. The third-order valence-corrected chi connectivity index (χ3v) is 1.15. The Labute approximate surface area is 53.3 Å². The number of carbonyl (C=O) groups is 1. The molecule has 1 aliphatic heterocycles. The van der Waals surface area contributed by atoms with E-state index < -0.39 is 0 Å². The summed E-state index contributed by atoms with van der Waals surface area (Å²) in [4.78, 5) is 13.8. The zero-order valence-electron chi connectivity index (χ0n) is 5.05. The van der Waals surface area contributed by atoms with E-state index in [1.807, 2.05) is 0 Å². The van der Waals surface area contributed by atoms with Crippen molar-refractivity contribution in [3.8, 4) is 0 Å². The maximum atomic E-state index is 9.73. The van der Waals surface area contributed by atoms with Gasteiger partial charge >= 0.3 is 0 Å². The van der Waals surface area contributed by atoms with Crippen LogP contribution in [0.15, 0.2) is 4.99 Å². The Bertz CT molecular complexity index is 132. The van der Waals surface area contributed by atoms with Crippen molar-refractivity contribution in [1.29, 1.82) is 0 Å². The lowest BCUT2D eigenvalue weighted by atomic mass is 10.3. The predicted octanol–water partition coefficient (Wildman–Crippen LogP) is -0.571. The largest absolute Gasteiger partial charge is 0.286 e. The highest BCUT2D eigenvalue weighted by atomic mass is 16.1. The fraction of sp³-hybridized carbons (Fsp3) is 0.600. The summed E-state index contributed by atoms with van der Waals surface area (Å²) in [6, 6.07) is 0. The first-order valence-electron chi connectivity index (χ1n) is 2.92. The highest BCUT2D eigenvalue weighted by Crippen LogP contribution is 1.99. The van der Waals surface area contributed by atoms with E-state index in [4.69, 9.17) is 0 Å². The SMILES string of the molecule is O=CNNC1=NCCC1. The Kier molecular flexibility index (Phi) is 2.06. The number of nitrogens with one attached hydrogen (secondary N) is 2. The number of hydrogen-bond acceptors (Lipinski definition) is 3. The molecular formula is C5H9N3O. The van der Waals surface area contributed by atoms with Crippen molar-refractivity contribution in [2.24, 2.45) is 4.99 Å². The van der Waals surface area contributed by atoms with Gasteiger partial charge in [-0.15, -0.1) is 0 Å². The summed E-state index contributed by atoms with van der Waals surface area (Å²) in [6.07, 6.45) is 2.63. The van der Waals surface area contributed by atoms with Gasteiger partial charge in [-0.05, 0) is 6.42 Å². The lowest BCUT2D eigenvalue weighted by Crippen LogP contribution is -2.35. The van der Waals surface area contributed by atoms with Crippen molar-refractivity contribution in [2.45, 2.75) is 12.8 Å². The van der Waals surface area contributed by atoms with Crippen molar-refractivity contribution in [1.82, 2.24) is 10.9 Å². The Morgan fingerprint density at radius 3 is 3.11 bits per heavy atom. The molecule has 0 fully saturated rings. The molecule has 2 N–H and O–H groups in total. The predicted molar refractivity (Wildman–Crippen MR) is 33.9 cm³/mol. The zero-order chi connectivity index (χ0) is 6.53. The van der Waals surface area contributed by atoms with E-state index in [1.54, 1.807) is 0 Å². The Morgan fingerprint density at radius 2 is 2.56 bits per heavy atom. The van der Waals surface area contributed by atoms with Crippen molar-refractivity contribution >= 4 is 12.2 Å². The average molecular weight is 127 g/mol. The molecule has 50 valence electrons. The summed E-state index contributed by atoms with van der Waals surface area (Å²) in [5.41, 5.74) is 4.99. The summed E-state index contributed by atoms with van der Waals surface area (Å²) in [5.74, 6) is 0.877. The van der Waals surface area contributed by atoms with E-state index in [-0.39, 0.29) is 0 Å². The molecule has 0 spiro atoms. The second kappa shape index (κ2) is 3.06. The summed E-state index contributed by atoms with van der Waals surface area (Å²) in [6.45, 7) is 0.878. The topological polar surface area (TPSA) is 53.5 Å². The third-order valence-electron chi connectivity index (χ3n) is 1.15. The van der Waals surface area contributed by atoms with E-state index in [0.717, 1.165) is 25.2 Å². The van der Waals surface area contributed by atoms with Crippen LogP contribution < -0.4 is 10.9 Å². The van der Waals surface area contributed by atoms with Gasteiger partial charge in [-0.2, -0.15) is 0 Å². The van der Waals surface area contributed by atoms with Crippen LogP contribution in [0, 0.1) is 0 Å². The van der Waals surface area contributed by atoms with Gasteiger partial charge in [0.15, 0.2) is 0 Å². The fourth-order valence-electron chi connectivity index (χ4n) is 0.754. The molecule has 0 atom stereocenters. The van der Waals surface area contributed by atoms with Crippen molar-refractivity contribution in [2.75, 3.05) is 6.54 Å². The number of amidine groups is 1. The smallest absolute Gasteiger partial charge is 0.225 e. The first-order chi connectivity index (χ1) is 4.43. The van der Waals surface area contributed by atoms with Crippen LogP contribution in [0.2, 0.25) is 0 Å². The number of hydrogen-bond donors (Lipinski definition) is 2. The molecule has 4 nitrogen and oxygen atoms in total. The van der Waals surface area contributed by atoms with Gasteiger partial charge in [0, 0.05) is 13.0 Å². The summed E-state index contributed by atoms with van der Waals surface area (Å²) >= 11 is 0. The summed E-state index contributed by atoms with van der Waals surface area (Å²) in [7, 11) is 0.